The Morgan fingerprint density at radius 1 is 1.22 bits per heavy atom. The van der Waals surface area contributed by atoms with Gasteiger partial charge >= 0.3 is 12.2 Å². The molecule has 2 heterocycles. The first kappa shape index (κ1) is 15.6. The summed E-state index contributed by atoms with van der Waals surface area (Å²) in [4.78, 5) is 27.7. The van der Waals surface area contributed by atoms with E-state index in [1.165, 1.54) is 0 Å². The number of hydrogen-bond acceptors (Lipinski definition) is 4. The fourth-order valence-corrected chi connectivity index (χ4v) is 2.98. The summed E-state index contributed by atoms with van der Waals surface area (Å²) >= 11 is 0. The maximum absolute atomic E-state index is 12.3. The smallest absolute Gasteiger partial charge is 0.410 e. The molecule has 3 rings (SSSR count). The highest BCUT2D eigenvalue weighted by molar-refractivity contribution is 5.73. The summed E-state index contributed by atoms with van der Waals surface area (Å²) in [6.45, 7) is 6.87. The van der Waals surface area contributed by atoms with Gasteiger partial charge in [0.1, 0.15) is 5.60 Å². The number of rotatable bonds is 1. The second-order valence-corrected chi connectivity index (χ2v) is 6.90. The molecule has 1 aromatic carbocycles. The number of ether oxygens (including phenoxy) is 2. The van der Waals surface area contributed by atoms with Gasteiger partial charge in [0, 0.05) is 19.6 Å². The summed E-state index contributed by atoms with van der Waals surface area (Å²) in [6.07, 6.45) is -1.01. The van der Waals surface area contributed by atoms with E-state index in [0.717, 1.165) is 5.56 Å². The molecule has 2 aliphatic rings. The van der Waals surface area contributed by atoms with Crippen LogP contribution in [0.2, 0.25) is 0 Å². The number of benzene rings is 1. The van der Waals surface area contributed by atoms with Crippen LogP contribution in [0.1, 0.15) is 32.4 Å². The van der Waals surface area contributed by atoms with E-state index >= 15 is 0 Å². The monoisotopic (exact) mass is 318 g/mol. The maximum Gasteiger partial charge on any atom is 0.410 e. The van der Waals surface area contributed by atoms with Crippen molar-refractivity contribution in [3.8, 4) is 0 Å². The average molecular weight is 318 g/mol. The van der Waals surface area contributed by atoms with Gasteiger partial charge in [-0.1, -0.05) is 30.3 Å². The minimum Gasteiger partial charge on any atom is -0.444 e. The van der Waals surface area contributed by atoms with E-state index in [-0.39, 0.29) is 24.3 Å². The van der Waals surface area contributed by atoms with Gasteiger partial charge in [-0.25, -0.2) is 9.59 Å². The molecule has 2 unspecified atom stereocenters. The van der Waals surface area contributed by atoms with Gasteiger partial charge < -0.3 is 14.4 Å². The summed E-state index contributed by atoms with van der Waals surface area (Å²) in [7, 11) is 0. The molecule has 2 atom stereocenters. The summed E-state index contributed by atoms with van der Waals surface area (Å²) in [5.74, 6) is 0. The van der Waals surface area contributed by atoms with Gasteiger partial charge in [-0.05, 0) is 26.3 Å². The van der Waals surface area contributed by atoms with Crippen LogP contribution in [-0.4, -0.2) is 53.3 Å². The Bertz CT molecular complexity index is 596. The van der Waals surface area contributed by atoms with Gasteiger partial charge in [0.15, 0.2) is 6.10 Å². The van der Waals surface area contributed by atoms with Crippen molar-refractivity contribution >= 4 is 12.2 Å². The Balaban J connectivity index is 1.76. The van der Waals surface area contributed by atoms with Crippen LogP contribution in [-0.2, 0) is 9.47 Å². The van der Waals surface area contributed by atoms with Crippen LogP contribution in [0.3, 0.4) is 0 Å². The molecule has 2 saturated heterocycles. The molecule has 2 aliphatic heterocycles. The highest BCUT2D eigenvalue weighted by Gasteiger charge is 2.46. The molecule has 0 spiro atoms. The fourth-order valence-electron chi connectivity index (χ4n) is 2.98. The Morgan fingerprint density at radius 3 is 2.57 bits per heavy atom. The van der Waals surface area contributed by atoms with Gasteiger partial charge in [-0.15, -0.1) is 0 Å². The van der Waals surface area contributed by atoms with E-state index in [4.69, 9.17) is 9.47 Å². The zero-order valence-corrected chi connectivity index (χ0v) is 13.7. The summed E-state index contributed by atoms with van der Waals surface area (Å²) in [6, 6.07) is 9.46. The van der Waals surface area contributed by atoms with Gasteiger partial charge in [-0.3, -0.25) is 4.90 Å². The van der Waals surface area contributed by atoms with Crippen LogP contribution in [0, 0.1) is 0 Å². The van der Waals surface area contributed by atoms with Crippen LogP contribution in [0.25, 0.3) is 0 Å². The topological polar surface area (TPSA) is 59.1 Å². The van der Waals surface area contributed by atoms with E-state index in [1.807, 2.05) is 51.1 Å². The highest BCUT2D eigenvalue weighted by atomic mass is 16.6. The van der Waals surface area contributed by atoms with Crippen LogP contribution in [0.15, 0.2) is 30.3 Å². The number of hydrogen-bond donors (Lipinski definition) is 0. The van der Waals surface area contributed by atoms with Crippen LogP contribution in [0.5, 0.6) is 0 Å². The number of carbonyl (C=O) groups excluding carboxylic acids is 2. The molecule has 6 heteroatoms. The SMILES string of the molecule is CC(C)(C)OC(=O)N1CCN2C(=O)OC(c3ccccc3)C2C1. The predicted molar refractivity (Wildman–Crippen MR) is 84.0 cm³/mol. The Morgan fingerprint density at radius 2 is 1.91 bits per heavy atom. The van der Waals surface area contributed by atoms with Crippen LogP contribution in [0.4, 0.5) is 9.59 Å². The van der Waals surface area contributed by atoms with Gasteiger partial charge in [0.25, 0.3) is 0 Å². The molecule has 1 aromatic rings. The van der Waals surface area contributed by atoms with Gasteiger partial charge in [0.05, 0.1) is 6.04 Å². The Labute approximate surface area is 136 Å². The number of cyclic esters (lactones) is 1. The Kier molecular flexibility index (Phi) is 3.92. The lowest BCUT2D eigenvalue weighted by Crippen LogP contribution is -2.54. The van der Waals surface area contributed by atoms with E-state index in [9.17, 15) is 9.59 Å². The number of fused-ring (bicyclic) bond motifs is 1. The quantitative estimate of drug-likeness (QED) is 0.799. The zero-order chi connectivity index (χ0) is 16.6. The number of carbonyl (C=O) groups is 2. The third-order valence-electron chi connectivity index (χ3n) is 4.01. The lowest BCUT2D eigenvalue weighted by atomic mass is 10.0. The minimum atomic E-state index is -0.533. The lowest BCUT2D eigenvalue weighted by Gasteiger charge is -2.37. The molecule has 0 saturated carbocycles. The molecule has 0 radical (unpaired) electrons. The zero-order valence-electron chi connectivity index (χ0n) is 13.7. The minimum absolute atomic E-state index is 0.175. The van der Waals surface area contributed by atoms with Crippen molar-refractivity contribution in [3.63, 3.8) is 0 Å². The normalized spacial score (nSPS) is 24.2. The van der Waals surface area contributed by atoms with E-state index in [0.29, 0.717) is 19.6 Å². The number of nitrogens with zero attached hydrogens (tertiary/aromatic N) is 2. The van der Waals surface area contributed by atoms with Crippen molar-refractivity contribution in [2.45, 2.75) is 38.5 Å². The first-order valence-corrected chi connectivity index (χ1v) is 7.85. The van der Waals surface area contributed by atoms with E-state index in [2.05, 4.69) is 0 Å². The molecule has 6 nitrogen and oxygen atoms in total. The van der Waals surface area contributed by atoms with Crippen LogP contribution >= 0.6 is 0 Å². The molecule has 0 N–H and O–H groups in total. The molecule has 2 amide bonds. The van der Waals surface area contributed by atoms with Crippen molar-refractivity contribution in [1.29, 1.82) is 0 Å². The van der Waals surface area contributed by atoms with Crippen LogP contribution < -0.4 is 0 Å². The van der Waals surface area contributed by atoms with Crippen molar-refractivity contribution < 1.29 is 19.1 Å². The fraction of sp³-hybridized carbons (Fsp3) is 0.529. The maximum atomic E-state index is 12.3. The largest absolute Gasteiger partial charge is 0.444 e. The molecule has 0 bridgehead atoms. The second kappa shape index (κ2) is 5.76. The standard InChI is InChI=1S/C17H22N2O4/c1-17(2,3)23-15(20)18-9-10-19-13(11-18)14(22-16(19)21)12-7-5-4-6-8-12/h4-8,13-14H,9-11H2,1-3H3. The molecule has 0 aliphatic carbocycles. The second-order valence-electron chi connectivity index (χ2n) is 6.90. The molecular formula is C17H22N2O4. The predicted octanol–water partition coefficient (Wildman–Crippen LogP) is 2.80. The molecular weight excluding hydrogens is 296 g/mol. The summed E-state index contributed by atoms with van der Waals surface area (Å²) in [5, 5.41) is 0. The van der Waals surface area contributed by atoms with Crippen molar-refractivity contribution in [1.82, 2.24) is 9.80 Å². The van der Waals surface area contributed by atoms with E-state index < -0.39 is 5.60 Å². The Hall–Kier alpha value is -2.24. The first-order valence-electron chi connectivity index (χ1n) is 7.85. The lowest BCUT2D eigenvalue weighted by molar-refractivity contribution is 0.00987. The first-order chi connectivity index (χ1) is 10.8. The summed E-state index contributed by atoms with van der Waals surface area (Å²) in [5.41, 5.74) is 0.411. The highest BCUT2D eigenvalue weighted by Crippen LogP contribution is 2.34. The van der Waals surface area contributed by atoms with Crippen molar-refractivity contribution in [2.75, 3.05) is 19.6 Å². The molecule has 124 valence electrons. The number of piperazine rings is 1. The van der Waals surface area contributed by atoms with E-state index in [1.54, 1.807) is 9.80 Å². The molecule has 0 aromatic heterocycles. The van der Waals surface area contributed by atoms with Gasteiger partial charge in [-0.2, -0.15) is 0 Å². The molecule has 2 fully saturated rings. The molecule has 23 heavy (non-hydrogen) atoms. The van der Waals surface area contributed by atoms with Crippen molar-refractivity contribution in [3.05, 3.63) is 35.9 Å². The summed E-state index contributed by atoms with van der Waals surface area (Å²) < 4.78 is 11.0. The van der Waals surface area contributed by atoms with Crippen molar-refractivity contribution in [2.24, 2.45) is 0 Å². The third kappa shape index (κ3) is 3.25. The average Bonchev–Trinajstić information content (AvgIpc) is 2.83. The van der Waals surface area contributed by atoms with Gasteiger partial charge in [0.2, 0.25) is 0 Å². The third-order valence-corrected chi connectivity index (χ3v) is 4.01. The number of amides is 2.